The molecule has 0 aliphatic carbocycles. The van der Waals surface area contributed by atoms with E-state index in [9.17, 15) is 29.6 Å². The molecule has 2 aliphatic rings. The van der Waals surface area contributed by atoms with Crippen LogP contribution >= 0.6 is 0 Å². The molecule has 4 N–H and O–H groups in total. The molecule has 0 saturated carbocycles. The molecule has 3 heterocycles. The number of carbonyl (C=O) groups excluding carboxylic acids is 3. The lowest BCUT2D eigenvalue weighted by Gasteiger charge is -2.15. The number of nitro groups is 1. The van der Waals surface area contributed by atoms with Crippen LogP contribution in [-0.4, -0.2) is 56.6 Å². The van der Waals surface area contributed by atoms with E-state index < -0.39 is 16.9 Å². The van der Waals surface area contributed by atoms with Gasteiger partial charge in [0.05, 0.1) is 21.9 Å². The van der Waals surface area contributed by atoms with Crippen molar-refractivity contribution < 1.29 is 24.4 Å². The summed E-state index contributed by atoms with van der Waals surface area (Å²) in [7, 11) is 0. The molecule has 3 aromatic carbocycles. The first-order valence-electron chi connectivity index (χ1n) is 14.1. The number of H-pyrrole nitrogens is 1. The van der Waals surface area contributed by atoms with Gasteiger partial charge in [0.1, 0.15) is 5.70 Å². The number of nitro benzene ring substituents is 1. The number of likely N-dealkylation sites (tertiary alicyclic amines) is 1. The Morgan fingerprint density at radius 3 is 2.45 bits per heavy atom. The highest BCUT2D eigenvalue weighted by Gasteiger charge is 2.24. The largest absolute Gasteiger partial charge is 0.494 e. The topological polar surface area (TPSA) is 170 Å². The van der Waals surface area contributed by atoms with Crippen molar-refractivity contribution in [3.63, 3.8) is 0 Å². The van der Waals surface area contributed by atoms with Gasteiger partial charge in [0.25, 0.3) is 11.6 Å². The van der Waals surface area contributed by atoms with E-state index in [4.69, 9.17) is 4.99 Å². The van der Waals surface area contributed by atoms with Gasteiger partial charge in [-0.2, -0.15) is 0 Å². The molecule has 2 fully saturated rings. The van der Waals surface area contributed by atoms with Gasteiger partial charge < -0.3 is 20.3 Å². The third kappa shape index (κ3) is 5.91. The minimum Gasteiger partial charge on any atom is -0.494 e. The van der Waals surface area contributed by atoms with Crippen molar-refractivity contribution in [2.45, 2.75) is 25.7 Å². The summed E-state index contributed by atoms with van der Waals surface area (Å²) in [5.41, 5.74) is 4.19. The Bertz CT molecular complexity index is 1860. The lowest BCUT2D eigenvalue weighted by molar-refractivity contribution is -0.384. The van der Waals surface area contributed by atoms with Gasteiger partial charge in [-0.15, -0.1) is 0 Å². The van der Waals surface area contributed by atoms with Crippen LogP contribution in [0, 0.1) is 10.1 Å². The highest BCUT2D eigenvalue weighted by molar-refractivity contribution is 6.22. The molecule has 44 heavy (non-hydrogen) atoms. The lowest BCUT2D eigenvalue weighted by atomic mass is 9.98. The molecule has 0 spiro atoms. The van der Waals surface area contributed by atoms with Crippen LogP contribution in [0.15, 0.2) is 77.4 Å². The van der Waals surface area contributed by atoms with Crippen LogP contribution in [0.4, 0.5) is 16.2 Å². The summed E-state index contributed by atoms with van der Waals surface area (Å²) in [5.74, 6) is -0.486. The van der Waals surface area contributed by atoms with Crippen LogP contribution in [0.1, 0.15) is 41.5 Å². The second kappa shape index (κ2) is 11.8. The number of non-ortho nitro benzene ring substituents is 1. The SMILES string of the molecule is O=C1NC(=O)/C(=C\c2ccc(N=C(c3ccc(CCCN4CCCC4=O)cc3)c3c(O)[nH]c4ccc([N+](=O)[O-])cc34)cc2)N1. The molecular weight excluding hydrogens is 564 g/mol. The zero-order chi connectivity index (χ0) is 30.8. The lowest BCUT2D eigenvalue weighted by Crippen LogP contribution is -2.25. The van der Waals surface area contributed by atoms with E-state index in [-0.39, 0.29) is 23.2 Å². The monoisotopic (exact) mass is 592 g/mol. The van der Waals surface area contributed by atoms with E-state index in [1.54, 1.807) is 30.3 Å². The minimum absolute atomic E-state index is 0.121. The van der Waals surface area contributed by atoms with Crippen molar-refractivity contribution in [1.82, 2.24) is 20.5 Å². The van der Waals surface area contributed by atoms with Crippen LogP contribution in [-0.2, 0) is 16.0 Å². The van der Waals surface area contributed by atoms with Crippen molar-refractivity contribution in [3.05, 3.63) is 105 Å². The van der Waals surface area contributed by atoms with Crippen molar-refractivity contribution in [1.29, 1.82) is 0 Å². The Labute approximate surface area is 251 Å². The normalized spacial score (nSPS) is 16.2. The first-order chi connectivity index (χ1) is 21.2. The summed E-state index contributed by atoms with van der Waals surface area (Å²) in [5, 5.41) is 27.6. The van der Waals surface area contributed by atoms with Crippen LogP contribution in [0.5, 0.6) is 5.88 Å². The first kappa shape index (κ1) is 28.3. The number of aromatic nitrogens is 1. The maximum absolute atomic E-state index is 11.9. The quantitative estimate of drug-likeness (QED) is 0.0723. The van der Waals surface area contributed by atoms with E-state index in [0.29, 0.717) is 45.4 Å². The Morgan fingerprint density at radius 2 is 1.80 bits per heavy atom. The third-order valence-electron chi connectivity index (χ3n) is 7.67. The average Bonchev–Trinajstić information content (AvgIpc) is 3.67. The van der Waals surface area contributed by atoms with E-state index in [1.165, 1.54) is 18.2 Å². The number of nitrogens with one attached hydrogen (secondary N) is 3. The zero-order valence-electron chi connectivity index (χ0n) is 23.5. The molecule has 0 bridgehead atoms. The highest BCUT2D eigenvalue weighted by atomic mass is 16.6. The van der Waals surface area contributed by atoms with Gasteiger partial charge in [-0.3, -0.25) is 25.0 Å². The van der Waals surface area contributed by atoms with Crippen LogP contribution in [0.25, 0.3) is 17.0 Å². The smallest absolute Gasteiger partial charge is 0.326 e. The number of hydrogen-bond donors (Lipinski definition) is 4. The predicted molar refractivity (Wildman–Crippen MR) is 164 cm³/mol. The number of aromatic amines is 1. The van der Waals surface area contributed by atoms with Crippen molar-refractivity contribution in [2.24, 2.45) is 4.99 Å². The minimum atomic E-state index is -0.585. The number of benzene rings is 3. The van der Waals surface area contributed by atoms with Gasteiger partial charge in [-0.25, -0.2) is 9.79 Å². The van der Waals surface area contributed by atoms with Crippen LogP contribution in [0.2, 0.25) is 0 Å². The number of aliphatic imine (C=N–C) groups is 1. The van der Waals surface area contributed by atoms with E-state index in [1.807, 2.05) is 29.2 Å². The Balaban J connectivity index is 1.34. The molecule has 222 valence electrons. The second-order valence-corrected chi connectivity index (χ2v) is 10.6. The van der Waals surface area contributed by atoms with Gasteiger partial charge in [0.15, 0.2) is 5.88 Å². The summed E-state index contributed by atoms with van der Waals surface area (Å²) >= 11 is 0. The number of aryl methyl sites for hydroxylation is 1. The fourth-order valence-corrected chi connectivity index (χ4v) is 5.45. The molecule has 4 aromatic rings. The summed E-state index contributed by atoms with van der Waals surface area (Å²) in [6.45, 7) is 1.53. The van der Waals surface area contributed by atoms with Gasteiger partial charge in [-0.1, -0.05) is 36.4 Å². The third-order valence-corrected chi connectivity index (χ3v) is 7.67. The van der Waals surface area contributed by atoms with Gasteiger partial charge in [-0.05, 0) is 54.7 Å². The standard InChI is InChI=1S/C32H28N6O6/c39-27-4-2-16-37(27)15-1-3-19-5-9-21(10-6-19)29(28-24-18-23(38(43)44)13-14-25(24)34-31(28)41)33-22-11-7-20(8-12-22)17-26-30(40)36-32(42)35-26/h5-14,17-18,34,41H,1-4,15-16H2,(H2,35,36,40,42)/b26-17+,33-29?. The van der Waals surface area contributed by atoms with Gasteiger partial charge in [0, 0.05) is 48.1 Å². The molecule has 0 radical (unpaired) electrons. The maximum atomic E-state index is 11.9. The fraction of sp³-hybridized carbons (Fsp3) is 0.188. The molecule has 12 heteroatoms. The molecule has 0 atom stereocenters. The van der Waals surface area contributed by atoms with Crippen molar-refractivity contribution in [2.75, 3.05) is 13.1 Å². The highest BCUT2D eigenvalue weighted by Crippen LogP contribution is 2.34. The number of rotatable bonds is 9. The Hall–Kier alpha value is -5.78. The molecule has 2 aliphatic heterocycles. The van der Waals surface area contributed by atoms with Crippen LogP contribution < -0.4 is 10.6 Å². The number of urea groups is 1. The number of amides is 4. The van der Waals surface area contributed by atoms with E-state index >= 15 is 0 Å². The molecule has 12 nitrogen and oxygen atoms in total. The molecule has 1 aromatic heterocycles. The van der Waals surface area contributed by atoms with Gasteiger partial charge >= 0.3 is 6.03 Å². The second-order valence-electron chi connectivity index (χ2n) is 10.6. The maximum Gasteiger partial charge on any atom is 0.326 e. The zero-order valence-corrected chi connectivity index (χ0v) is 23.5. The van der Waals surface area contributed by atoms with E-state index in [0.717, 1.165) is 37.9 Å². The molecule has 2 saturated heterocycles. The Morgan fingerprint density at radius 1 is 1.02 bits per heavy atom. The number of carbonyl (C=O) groups is 3. The van der Waals surface area contributed by atoms with Crippen molar-refractivity contribution in [3.8, 4) is 5.88 Å². The number of nitrogens with zero attached hydrogens (tertiary/aromatic N) is 3. The first-order valence-corrected chi connectivity index (χ1v) is 14.1. The predicted octanol–water partition coefficient (Wildman–Crippen LogP) is 4.69. The molecule has 4 amide bonds. The molecule has 6 rings (SSSR count). The van der Waals surface area contributed by atoms with Crippen LogP contribution in [0.3, 0.4) is 0 Å². The summed E-state index contributed by atoms with van der Waals surface area (Å²) in [6.07, 6.45) is 4.70. The fourth-order valence-electron chi connectivity index (χ4n) is 5.45. The Kier molecular flexibility index (Phi) is 7.63. The molecule has 0 unspecified atom stereocenters. The summed E-state index contributed by atoms with van der Waals surface area (Å²) in [6, 6.07) is 18.4. The van der Waals surface area contributed by atoms with Crippen molar-refractivity contribution >= 4 is 51.9 Å². The summed E-state index contributed by atoms with van der Waals surface area (Å²) < 4.78 is 0. The number of hydrogen-bond acceptors (Lipinski definition) is 7. The number of imide groups is 1. The number of aromatic hydroxyl groups is 1. The summed E-state index contributed by atoms with van der Waals surface area (Å²) in [4.78, 5) is 55.9. The average molecular weight is 593 g/mol. The van der Waals surface area contributed by atoms with E-state index in [2.05, 4.69) is 15.6 Å². The molecular formula is C32H28N6O6. The number of fused-ring (bicyclic) bond motifs is 1. The van der Waals surface area contributed by atoms with Gasteiger partial charge in [0.2, 0.25) is 5.91 Å².